The van der Waals surface area contributed by atoms with Crippen LogP contribution in [0.1, 0.15) is 18.1 Å². The van der Waals surface area contributed by atoms with Crippen LogP contribution >= 0.6 is 11.3 Å². The maximum atomic E-state index is 12.9. The van der Waals surface area contributed by atoms with Crippen LogP contribution in [0.3, 0.4) is 0 Å². The molecule has 3 aromatic rings. The molecule has 0 unspecified atom stereocenters. The number of benzene rings is 2. The lowest BCUT2D eigenvalue weighted by molar-refractivity contribution is -0.133. The van der Waals surface area contributed by atoms with E-state index >= 15 is 0 Å². The van der Waals surface area contributed by atoms with Crippen molar-refractivity contribution in [2.24, 2.45) is 0 Å². The number of anilines is 1. The fourth-order valence-corrected chi connectivity index (χ4v) is 3.96. The van der Waals surface area contributed by atoms with Crippen LogP contribution in [0.5, 0.6) is 0 Å². The Hall–Kier alpha value is -3.59. The van der Waals surface area contributed by atoms with Gasteiger partial charge in [-0.25, -0.2) is 4.79 Å². The van der Waals surface area contributed by atoms with Gasteiger partial charge in [0.05, 0.1) is 0 Å². The molecule has 1 aliphatic rings. The molecule has 0 saturated carbocycles. The summed E-state index contributed by atoms with van der Waals surface area (Å²) < 4.78 is 0. The Morgan fingerprint density at radius 2 is 1.80 bits per heavy atom. The maximum absolute atomic E-state index is 12.9. The molecule has 0 bridgehead atoms. The Morgan fingerprint density at radius 1 is 1.10 bits per heavy atom. The van der Waals surface area contributed by atoms with Crippen LogP contribution in [-0.2, 0) is 15.1 Å². The summed E-state index contributed by atoms with van der Waals surface area (Å²) >= 11 is 1.21. The summed E-state index contributed by atoms with van der Waals surface area (Å²) in [6, 6.07) is 16.2. The van der Waals surface area contributed by atoms with E-state index in [0.717, 1.165) is 16.0 Å². The van der Waals surface area contributed by atoms with E-state index in [-0.39, 0.29) is 0 Å². The van der Waals surface area contributed by atoms with Crippen molar-refractivity contribution in [1.29, 1.82) is 0 Å². The second-order valence-electron chi connectivity index (χ2n) is 7.14. The van der Waals surface area contributed by atoms with E-state index in [1.54, 1.807) is 19.1 Å². The first-order valence-corrected chi connectivity index (χ1v) is 10.1. The van der Waals surface area contributed by atoms with Crippen LogP contribution in [0.15, 0.2) is 54.6 Å². The van der Waals surface area contributed by atoms with Crippen LogP contribution in [0.2, 0.25) is 0 Å². The van der Waals surface area contributed by atoms with E-state index in [2.05, 4.69) is 20.8 Å². The largest absolute Gasteiger partial charge is 0.325 e. The normalized spacial score (nSPS) is 18.4. The molecule has 8 nitrogen and oxygen atoms in total. The van der Waals surface area contributed by atoms with Crippen molar-refractivity contribution in [2.75, 3.05) is 11.9 Å². The predicted octanol–water partition coefficient (Wildman–Crippen LogP) is 2.92. The third-order valence-electron chi connectivity index (χ3n) is 4.90. The van der Waals surface area contributed by atoms with Crippen molar-refractivity contribution in [3.8, 4) is 10.6 Å². The van der Waals surface area contributed by atoms with Gasteiger partial charge in [-0.05, 0) is 19.4 Å². The average Bonchev–Trinajstić information content (AvgIpc) is 3.28. The van der Waals surface area contributed by atoms with Crippen molar-refractivity contribution in [3.63, 3.8) is 0 Å². The lowest BCUT2D eigenvalue weighted by Gasteiger charge is -2.22. The molecule has 2 N–H and O–H groups in total. The highest BCUT2D eigenvalue weighted by Gasteiger charge is 2.49. The molecule has 30 heavy (non-hydrogen) atoms. The van der Waals surface area contributed by atoms with Crippen molar-refractivity contribution in [3.05, 3.63) is 65.7 Å². The van der Waals surface area contributed by atoms with E-state index < -0.39 is 29.9 Å². The SMILES string of the molecule is Cc1ccc([C@@]2(C)NC(=O)N(CC(=O)Nc3nnc(-c4ccccc4)s3)C2=O)cc1. The fourth-order valence-electron chi connectivity index (χ4n) is 3.20. The molecule has 2 aromatic carbocycles. The number of aryl methyl sites for hydroxylation is 1. The molecule has 0 aliphatic carbocycles. The minimum absolute atomic E-state index is 0.298. The number of carbonyl (C=O) groups excluding carboxylic acids is 3. The number of urea groups is 1. The molecular formula is C21H19N5O3S. The second kappa shape index (κ2) is 7.68. The first-order chi connectivity index (χ1) is 14.4. The summed E-state index contributed by atoms with van der Waals surface area (Å²) in [5.74, 6) is -1.00. The Labute approximate surface area is 176 Å². The van der Waals surface area contributed by atoms with Gasteiger partial charge in [0.2, 0.25) is 11.0 Å². The van der Waals surface area contributed by atoms with Crippen LogP contribution in [0.4, 0.5) is 9.93 Å². The average molecular weight is 421 g/mol. The molecule has 1 saturated heterocycles. The highest BCUT2D eigenvalue weighted by atomic mass is 32.1. The molecule has 1 atom stereocenters. The number of rotatable bonds is 5. The Kier molecular flexibility index (Phi) is 5.04. The van der Waals surface area contributed by atoms with Crippen LogP contribution in [-0.4, -0.2) is 39.5 Å². The zero-order valence-corrected chi connectivity index (χ0v) is 17.2. The third kappa shape index (κ3) is 3.67. The standard InChI is InChI=1S/C21H19N5O3S/c1-13-8-10-15(11-9-13)21(2)18(28)26(20(29)23-21)12-16(27)22-19-25-24-17(30-19)14-6-4-3-5-7-14/h3-11H,12H2,1-2H3,(H,23,29)(H,22,25,27)/t21-/m1/s1. The van der Waals surface area contributed by atoms with Crippen LogP contribution in [0.25, 0.3) is 10.6 Å². The highest BCUT2D eigenvalue weighted by molar-refractivity contribution is 7.18. The van der Waals surface area contributed by atoms with Crippen molar-refractivity contribution >= 4 is 34.3 Å². The van der Waals surface area contributed by atoms with E-state index in [9.17, 15) is 14.4 Å². The zero-order valence-electron chi connectivity index (χ0n) is 16.4. The van der Waals surface area contributed by atoms with Gasteiger partial charge in [-0.2, -0.15) is 0 Å². The molecule has 9 heteroatoms. The van der Waals surface area contributed by atoms with Crippen LogP contribution < -0.4 is 10.6 Å². The number of carbonyl (C=O) groups is 3. The third-order valence-corrected chi connectivity index (χ3v) is 5.79. The zero-order chi connectivity index (χ0) is 21.3. The van der Waals surface area contributed by atoms with Crippen molar-refractivity contribution in [2.45, 2.75) is 19.4 Å². The lowest BCUT2D eigenvalue weighted by atomic mass is 9.91. The van der Waals surface area contributed by atoms with Gasteiger partial charge in [-0.3, -0.25) is 19.8 Å². The summed E-state index contributed by atoms with van der Waals surface area (Å²) in [6.07, 6.45) is 0. The summed E-state index contributed by atoms with van der Waals surface area (Å²) in [7, 11) is 0. The molecule has 4 amide bonds. The van der Waals surface area contributed by atoms with E-state index in [1.807, 2.05) is 49.4 Å². The first kappa shape index (κ1) is 19.7. The van der Waals surface area contributed by atoms with E-state index in [1.165, 1.54) is 11.3 Å². The minimum Gasteiger partial charge on any atom is -0.319 e. The molecule has 4 rings (SSSR count). The van der Waals surface area contributed by atoms with E-state index in [4.69, 9.17) is 0 Å². The van der Waals surface area contributed by atoms with Gasteiger partial charge < -0.3 is 5.32 Å². The summed E-state index contributed by atoms with van der Waals surface area (Å²) in [5.41, 5.74) is 1.38. The molecule has 152 valence electrons. The number of hydrogen-bond acceptors (Lipinski definition) is 6. The maximum Gasteiger partial charge on any atom is 0.325 e. The van der Waals surface area contributed by atoms with Gasteiger partial charge in [0.1, 0.15) is 17.1 Å². The number of nitrogens with one attached hydrogen (secondary N) is 2. The molecule has 1 aromatic heterocycles. The molecular weight excluding hydrogens is 402 g/mol. The van der Waals surface area contributed by atoms with Gasteiger partial charge in [-0.15, -0.1) is 10.2 Å². The smallest absolute Gasteiger partial charge is 0.319 e. The second-order valence-corrected chi connectivity index (χ2v) is 8.12. The molecule has 1 aliphatic heterocycles. The van der Waals surface area contributed by atoms with Crippen molar-refractivity contribution in [1.82, 2.24) is 20.4 Å². The lowest BCUT2D eigenvalue weighted by Crippen LogP contribution is -2.42. The number of imide groups is 1. The summed E-state index contributed by atoms with van der Waals surface area (Å²) in [6.45, 7) is 3.16. The Bertz CT molecular complexity index is 1110. The first-order valence-electron chi connectivity index (χ1n) is 9.27. The molecule has 0 spiro atoms. The molecule has 1 fully saturated rings. The van der Waals surface area contributed by atoms with Gasteiger partial charge >= 0.3 is 6.03 Å². The number of amides is 4. The number of hydrogen-bond donors (Lipinski definition) is 2. The Balaban J connectivity index is 1.45. The Morgan fingerprint density at radius 3 is 2.50 bits per heavy atom. The summed E-state index contributed by atoms with van der Waals surface area (Å²) in [4.78, 5) is 38.7. The highest BCUT2D eigenvalue weighted by Crippen LogP contribution is 2.29. The minimum atomic E-state index is -1.21. The summed E-state index contributed by atoms with van der Waals surface area (Å²) in [5, 5.41) is 14.3. The number of aromatic nitrogens is 2. The van der Waals surface area contributed by atoms with Crippen molar-refractivity contribution < 1.29 is 14.4 Å². The topological polar surface area (TPSA) is 104 Å². The van der Waals surface area contributed by atoms with Gasteiger partial charge in [0.25, 0.3) is 5.91 Å². The van der Waals surface area contributed by atoms with Crippen LogP contribution in [0, 0.1) is 6.92 Å². The number of nitrogens with zero attached hydrogens (tertiary/aromatic N) is 3. The predicted molar refractivity (Wildman–Crippen MR) is 113 cm³/mol. The molecule has 2 heterocycles. The fraction of sp³-hybridized carbons (Fsp3) is 0.190. The van der Waals surface area contributed by atoms with Gasteiger partial charge in [0.15, 0.2) is 0 Å². The molecule has 0 radical (unpaired) electrons. The van der Waals surface area contributed by atoms with Gasteiger partial charge in [0, 0.05) is 5.56 Å². The van der Waals surface area contributed by atoms with E-state index in [0.29, 0.717) is 15.7 Å². The monoisotopic (exact) mass is 421 g/mol. The quantitative estimate of drug-likeness (QED) is 0.617. The van der Waals surface area contributed by atoms with Gasteiger partial charge in [-0.1, -0.05) is 71.5 Å².